The van der Waals surface area contributed by atoms with Crippen LogP contribution in [0.25, 0.3) is 0 Å². The summed E-state index contributed by atoms with van der Waals surface area (Å²) in [6.45, 7) is 7.48. The molecule has 0 fully saturated rings. The Morgan fingerprint density at radius 3 is 2.68 bits per heavy atom. The number of carbonyl (C=O) groups excluding carboxylic acids is 2. The van der Waals surface area contributed by atoms with Crippen molar-refractivity contribution in [2.45, 2.75) is 45.3 Å². The van der Waals surface area contributed by atoms with Gasteiger partial charge in [-0.1, -0.05) is 23.3 Å². The van der Waals surface area contributed by atoms with E-state index in [4.69, 9.17) is 0 Å². The predicted octanol–water partition coefficient (Wildman–Crippen LogP) is 0.144. The fourth-order valence-corrected chi connectivity index (χ4v) is 3.23. The van der Waals surface area contributed by atoms with Gasteiger partial charge in [0.15, 0.2) is 11.6 Å². The van der Waals surface area contributed by atoms with Crippen LogP contribution in [-0.4, -0.2) is 73.7 Å². The molecule has 2 rings (SSSR count). The molecule has 34 heavy (non-hydrogen) atoms. The minimum Gasteiger partial charge on any atom is -0.481 e. The summed E-state index contributed by atoms with van der Waals surface area (Å²) in [5, 5.41) is 22.0. The number of nitrogens with one attached hydrogen (secondary N) is 2. The summed E-state index contributed by atoms with van der Waals surface area (Å²) in [5.41, 5.74) is 0.491. The molecule has 184 valence electrons. The van der Waals surface area contributed by atoms with Gasteiger partial charge in [0.1, 0.15) is 17.4 Å². The van der Waals surface area contributed by atoms with Crippen LogP contribution in [0.3, 0.4) is 0 Å². The molecule has 0 radical (unpaired) electrons. The number of hydrogen-bond acceptors (Lipinski definition) is 10. The second-order valence-corrected chi connectivity index (χ2v) is 7.67. The molecule has 2 unspecified atom stereocenters. The number of carbonyl (C=O) groups is 3. The van der Waals surface area contributed by atoms with Crippen molar-refractivity contribution >= 4 is 23.5 Å². The van der Waals surface area contributed by atoms with E-state index in [1.807, 2.05) is 0 Å². The summed E-state index contributed by atoms with van der Waals surface area (Å²) >= 11 is 0. The molecule has 0 saturated carbocycles. The van der Waals surface area contributed by atoms with Crippen LogP contribution < -0.4 is 16.2 Å². The van der Waals surface area contributed by atoms with E-state index in [2.05, 4.69) is 37.1 Å². The molecule has 2 aromatic rings. The number of aromatic nitrogens is 4. The first-order valence-corrected chi connectivity index (χ1v) is 10.6. The number of hydrogen-bond donors (Lipinski definition) is 3. The van der Waals surface area contributed by atoms with Crippen LogP contribution in [-0.2, 0) is 20.9 Å². The van der Waals surface area contributed by atoms with Crippen molar-refractivity contribution in [2.75, 3.05) is 25.5 Å². The van der Waals surface area contributed by atoms with Gasteiger partial charge in [-0.05, 0) is 20.4 Å². The summed E-state index contributed by atoms with van der Waals surface area (Å²) < 4.78 is 5.81. The Bertz CT molecular complexity index is 1080. The number of carboxylic acid groups (broad SMARTS) is 1. The highest BCUT2D eigenvalue weighted by atomic mass is 16.6. The molecule has 0 aliphatic heterocycles. The predicted molar refractivity (Wildman–Crippen MR) is 121 cm³/mol. The number of carboxylic acids is 1. The first kappa shape index (κ1) is 26.4. The SMILES string of the molecule is C=CCN(C)CC(=O)C(CC(=O)O)NC(=O)C(CC)n1ccnc(NCc2nonc2C)c1=O. The maximum absolute atomic E-state index is 13.0. The van der Waals surface area contributed by atoms with Crippen molar-refractivity contribution in [2.24, 2.45) is 0 Å². The molecule has 13 nitrogen and oxygen atoms in total. The van der Waals surface area contributed by atoms with Gasteiger partial charge in [-0.25, -0.2) is 9.61 Å². The van der Waals surface area contributed by atoms with Crippen molar-refractivity contribution in [1.29, 1.82) is 0 Å². The maximum Gasteiger partial charge on any atom is 0.305 e. The first-order chi connectivity index (χ1) is 16.2. The molecular weight excluding hydrogens is 446 g/mol. The number of Topliss-reactive ketones (excluding diaryl/α,β-unsaturated/α-hetero) is 1. The Morgan fingerprint density at radius 1 is 1.35 bits per heavy atom. The summed E-state index contributed by atoms with van der Waals surface area (Å²) in [6.07, 6.45) is 3.96. The Morgan fingerprint density at radius 2 is 2.09 bits per heavy atom. The summed E-state index contributed by atoms with van der Waals surface area (Å²) in [6, 6.07) is -2.23. The third-order valence-corrected chi connectivity index (χ3v) is 5.01. The largest absolute Gasteiger partial charge is 0.481 e. The van der Waals surface area contributed by atoms with Gasteiger partial charge < -0.3 is 15.7 Å². The first-order valence-electron chi connectivity index (χ1n) is 10.6. The molecule has 0 aliphatic carbocycles. The second-order valence-electron chi connectivity index (χ2n) is 7.67. The maximum atomic E-state index is 13.0. The van der Waals surface area contributed by atoms with Crippen molar-refractivity contribution < 1.29 is 24.1 Å². The number of aliphatic carboxylic acids is 1. The van der Waals surface area contributed by atoms with Gasteiger partial charge in [-0.2, -0.15) is 0 Å². The number of aryl methyl sites for hydroxylation is 1. The summed E-state index contributed by atoms with van der Waals surface area (Å²) in [4.78, 5) is 55.6. The number of likely N-dealkylation sites (N-methyl/N-ethyl adjacent to an activating group) is 1. The molecule has 2 aromatic heterocycles. The molecule has 0 aliphatic rings. The minimum absolute atomic E-state index is 0.0136. The standard InChI is InChI=1S/C21H29N7O6/c1-5-8-27(4)12-17(29)14(10-18(30)31)24-20(32)16(6-2)28-9-7-22-19(21(28)33)23-11-15-13(3)25-34-26-15/h5,7,9,14,16H,1,6,8,10-12H2,2-4H3,(H,22,23)(H,24,32)(H,30,31). The van der Waals surface area contributed by atoms with Crippen LogP contribution in [0.15, 0.2) is 34.5 Å². The lowest BCUT2D eigenvalue weighted by molar-refractivity contribution is -0.140. The number of amides is 1. The van der Waals surface area contributed by atoms with Crippen LogP contribution in [0.1, 0.15) is 37.2 Å². The van der Waals surface area contributed by atoms with Gasteiger partial charge >= 0.3 is 5.97 Å². The quantitative estimate of drug-likeness (QED) is 0.317. The van der Waals surface area contributed by atoms with Crippen molar-refractivity contribution in [3.63, 3.8) is 0 Å². The van der Waals surface area contributed by atoms with E-state index in [0.29, 0.717) is 17.9 Å². The molecule has 0 bridgehead atoms. The molecule has 13 heteroatoms. The molecular formula is C21H29N7O6. The lowest BCUT2D eigenvalue weighted by atomic mass is 10.1. The van der Waals surface area contributed by atoms with Crippen molar-refractivity contribution in [3.05, 3.63) is 46.8 Å². The van der Waals surface area contributed by atoms with E-state index in [-0.39, 0.29) is 25.3 Å². The Kier molecular flexibility index (Phi) is 9.62. The van der Waals surface area contributed by atoms with Gasteiger partial charge in [0, 0.05) is 18.9 Å². The molecule has 0 spiro atoms. The van der Waals surface area contributed by atoms with E-state index < -0.39 is 41.7 Å². The van der Waals surface area contributed by atoms with Gasteiger partial charge in [-0.15, -0.1) is 6.58 Å². The highest BCUT2D eigenvalue weighted by Gasteiger charge is 2.28. The van der Waals surface area contributed by atoms with Gasteiger partial charge in [0.05, 0.1) is 25.6 Å². The highest BCUT2D eigenvalue weighted by Crippen LogP contribution is 2.12. The summed E-state index contributed by atoms with van der Waals surface area (Å²) in [5.74, 6) is -2.36. The Balaban J connectivity index is 2.19. The normalized spacial score (nSPS) is 12.7. The van der Waals surface area contributed by atoms with Gasteiger partial charge in [0.25, 0.3) is 5.56 Å². The molecule has 2 heterocycles. The smallest absolute Gasteiger partial charge is 0.305 e. The third-order valence-electron chi connectivity index (χ3n) is 5.01. The molecule has 0 saturated heterocycles. The van der Waals surface area contributed by atoms with E-state index in [1.54, 1.807) is 31.9 Å². The van der Waals surface area contributed by atoms with E-state index in [1.165, 1.54) is 17.0 Å². The Hall–Kier alpha value is -3.87. The Labute approximate surface area is 195 Å². The molecule has 2 atom stereocenters. The topological polar surface area (TPSA) is 173 Å². The molecule has 1 amide bonds. The number of nitrogens with zero attached hydrogens (tertiary/aromatic N) is 5. The fraction of sp³-hybridized carbons (Fsp3) is 0.476. The zero-order chi connectivity index (χ0) is 25.3. The highest BCUT2D eigenvalue weighted by molar-refractivity contribution is 5.93. The zero-order valence-electron chi connectivity index (χ0n) is 19.4. The fourth-order valence-electron chi connectivity index (χ4n) is 3.23. The van der Waals surface area contributed by atoms with Crippen LogP contribution in [0.4, 0.5) is 5.82 Å². The van der Waals surface area contributed by atoms with Gasteiger partial charge in [-0.3, -0.25) is 28.6 Å². The van der Waals surface area contributed by atoms with Crippen molar-refractivity contribution in [1.82, 2.24) is 30.1 Å². The zero-order valence-corrected chi connectivity index (χ0v) is 19.4. The van der Waals surface area contributed by atoms with E-state index in [0.717, 1.165) is 0 Å². The minimum atomic E-state index is -1.25. The number of anilines is 1. The van der Waals surface area contributed by atoms with Crippen LogP contribution in [0, 0.1) is 6.92 Å². The molecule has 3 N–H and O–H groups in total. The van der Waals surface area contributed by atoms with Crippen LogP contribution in [0.2, 0.25) is 0 Å². The third kappa shape index (κ3) is 7.07. The lowest BCUT2D eigenvalue weighted by Gasteiger charge is -2.23. The van der Waals surface area contributed by atoms with E-state index in [9.17, 15) is 24.3 Å². The lowest BCUT2D eigenvalue weighted by Crippen LogP contribution is -2.49. The number of rotatable bonds is 14. The van der Waals surface area contributed by atoms with Crippen LogP contribution >= 0.6 is 0 Å². The van der Waals surface area contributed by atoms with Crippen LogP contribution in [0.5, 0.6) is 0 Å². The van der Waals surface area contributed by atoms with Crippen molar-refractivity contribution in [3.8, 4) is 0 Å². The van der Waals surface area contributed by atoms with E-state index >= 15 is 0 Å². The average molecular weight is 476 g/mol. The average Bonchev–Trinajstić information content (AvgIpc) is 3.18. The van der Waals surface area contributed by atoms with Gasteiger partial charge in [0.2, 0.25) is 5.91 Å². The second kappa shape index (κ2) is 12.4. The number of ketones is 1. The molecule has 0 aromatic carbocycles. The summed E-state index contributed by atoms with van der Waals surface area (Å²) in [7, 11) is 1.68. The monoisotopic (exact) mass is 475 g/mol.